The van der Waals surface area contributed by atoms with Gasteiger partial charge in [0.1, 0.15) is 23.0 Å². The van der Waals surface area contributed by atoms with E-state index < -0.39 is 0 Å². The molecule has 11 rings (SSSR count). The molecule has 306 valence electrons. The Labute approximate surface area is 355 Å². The molecule has 4 aliphatic carbocycles. The molecule has 0 spiro atoms. The van der Waals surface area contributed by atoms with E-state index in [1.54, 1.807) is 121 Å². The second-order valence-corrected chi connectivity index (χ2v) is 16.8. The van der Waals surface area contributed by atoms with Gasteiger partial charge in [-0.05, 0) is 146 Å². The lowest BCUT2D eigenvalue weighted by Crippen LogP contribution is -2.32. The number of allylic oxidation sites excluding steroid dienone is 4. The monoisotopic (exact) mass is 822 g/mol. The predicted octanol–water partition coefficient (Wildman–Crippen LogP) is 8.40. The van der Waals surface area contributed by atoms with Gasteiger partial charge in [-0.1, -0.05) is 30.4 Å². The van der Waals surface area contributed by atoms with Crippen LogP contribution in [0.1, 0.15) is 33.6 Å². The first kappa shape index (κ1) is 37.4. The molecule has 6 aliphatic rings. The van der Waals surface area contributed by atoms with E-state index in [0.29, 0.717) is 56.9 Å². The highest BCUT2D eigenvalue weighted by molar-refractivity contribution is 6.24. The molecule has 2 saturated carbocycles. The number of anilines is 4. The molecule has 5 aromatic rings. The van der Waals surface area contributed by atoms with Gasteiger partial charge in [0.25, 0.3) is 11.8 Å². The van der Waals surface area contributed by atoms with Crippen molar-refractivity contribution in [3.8, 4) is 23.0 Å². The summed E-state index contributed by atoms with van der Waals surface area (Å²) in [6.07, 6.45) is 10.00. The summed E-state index contributed by atoms with van der Waals surface area (Å²) in [6, 6.07) is 34.0. The Morgan fingerprint density at radius 1 is 0.435 bits per heavy atom. The van der Waals surface area contributed by atoms with Crippen LogP contribution in [-0.4, -0.2) is 35.4 Å². The lowest BCUT2D eigenvalue weighted by molar-refractivity contribution is -0.124. The van der Waals surface area contributed by atoms with Crippen molar-refractivity contribution in [2.75, 3.05) is 20.4 Å². The summed E-state index contributed by atoms with van der Waals surface area (Å²) in [4.78, 5) is 81.4. The van der Waals surface area contributed by atoms with Crippen molar-refractivity contribution < 1.29 is 38.2 Å². The molecule has 4 bridgehead atoms. The first-order valence-corrected chi connectivity index (χ1v) is 20.8. The Hall–Kier alpha value is -7.60. The topological polar surface area (TPSA) is 151 Å². The fourth-order valence-corrected chi connectivity index (χ4v) is 10.3. The summed E-state index contributed by atoms with van der Waals surface area (Å²) >= 11 is 0. The van der Waals surface area contributed by atoms with Gasteiger partial charge in [0.2, 0.25) is 23.6 Å². The van der Waals surface area contributed by atoms with Gasteiger partial charge in [-0.3, -0.25) is 38.6 Å². The SMILES string of the molecule is O=C(Nc1ccc(Oc2cccc(Oc3ccc(NC(=O)c4ccc(N5C(=O)[C@@H]6[C@H](C5=O)[C@H]5C=C[C@H]6C5)cc4)cc3)c2)cc1)c1ccc(N2C(=O)[C@@H]3[C@@H](C2=O)[C@H]2C=C[C@@H]3C2)cc1. The van der Waals surface area contributed by atoms with Gasteiger partial charge >= 0.3 is 0 Å². The van der Waals surface area contributed by atoms with Crippen LogP contribution in [0.3, 0.4) is 0 Å². The zero-order valence-electron chi connectivity index (χ0n) is 33.0. The Morgan fingerprint density at radius 2 is 0.774 bits per heavy atom. The second kappa shape index (κ2) is 14.5. The molecule has 0 radical (unpaired) electrons. The Kier molecular flexibility index (Phi) is 8.78. The standard InChI is InChI=1S/C50H38N4O8/c55-45(27-8-16-35(17-9-27)53-47(57)41-29-4-5-30(24-29)42(41)48(53)58)51-33-12-20-37(21-13-33)61-39-2-1-3-40(26-39)62-38-22-14-34(15-23-38)52-46(56)28-10-18-36(19-11-28)54-49(59)43-31-6-7-32(25-31)44(43)50(54)60/h1-23,26,29-32,41-44H,24-25H2,(H,51,55)(H,52,56)/t29-,30-,31-,32+,41-,42+,43-,44-/m0/s1. The molecule has 0 unspecified atom stereocenters. The normalized spacial score (nSPS) is 26.0. The first-order valence-electron chi connectivity index (χ1n) is 20.8. The van der Waals surface area contributed by atoms with Gasteiger partial charge in [-0.15, -0.1) is 0 Å². The highest BCUT2D eigenvalue weighted by Crippen LogP contribution is 2.54. The highest BCUT2D eigenvalue weighted by atomic mass is 16.5. The number of fused-ring (bicyclic) bond motifs is 10. The van der Waals surface area contributed by atoms with E-state index in [-0.39, 0.29) is 82.8 Å². The zero-order valence-corrected chi connectivity index (χ0v) is 33.0. The Balaban J connectivity index is 0.665. The summed E-state index contributed by atoms with van der Waals surface area (Å²) in [5.41, 5.74) is 2.84. The fraction of sp³-hybridized carbons (Fsp3) is 0.200. The van der Waals surface area contributed by atoms with Crippen LogP contribution in [0, 0.1) is 47.3 Å². The third-order valence-corrected chi connectivity index (χ3v) is 13.2. The third-order valence-electron chi connectivity index (χ3n) is 13.2. The van der Waals surface area contributed by atoms with Gasteiger partial charge in [0, 0.05) is 28.6 Å². The van der Waals surface area contributed by atoms with Crippen LogP contribution in [0.5, 0.6) is 23.0 Å². The van der Waals surface area contributed by atoms with Gasteiger partial charge in [0.15, 0.2) is 0 Å². The molecule has 2 N–H and O–H groups in total. The largest absolute Gasteiger partial charge is 0.457 e. The Bertz CT molecular complexity index is 2520. The molecular formula is C50H38N4O8. The molecular weight excluding hydrogens is 785 g/mol. The fourth-order valence-electron chi connectivity index (χ4n) is 10.3. The number of imide groups is 2. The molecule has 2 heterocycles. The molecule has 8 atom stereocenters. The maximum Gasteiger partial charge on any atom is 0.255 e. The molecule has 4 fully saturated rings. The molecule has 62 heavy (non-hydrogen) atoms. The molecule has 2 saturated heterocycles. The van der Waals surface area contributed by atoms with E-state index in [0.717, 1.165) is 12.8 Å². The maximum atomic E-state index is 13.2. The summed E-state index contributed by atoms with van der Waals surface area (Å²) in [7, 11) is 0. The molecule has 0 aromatic heterocycles. The maximum absolute atomic E-state index is 13.2. The number of nitrogens with one attached hydrogen (secondary N) is 2. The van der Waals surface area contributed by atoms with Crippen LogP contribution < -0.4 is 29.9 Å². The average molecular weight is 823 g/mol. The lowest BCUT2D eigenvalue weighted by Gasteiger charge is -2.17. The number of rotatable bonds is 10. The van der Waals surface area contributed by atoms with Crippen LogP contribution >= 0.6 is 0 Å². The van der Waals surface area contributed by atoms with Crippen molar-refractivity contribution in [1.82, 2.24) is 0 Å². The first-order chi connectivity index (χ1) is 30.2. The highest BCUT2D eigenvalue weighted by Gasteiger charge is 2.60. The molecule has 2 aliphatic heterocycles. The molecule has 12 heteroatoms. The zero-order chi connectivity index (χ0) is 42.2. The summed E-state index contributed by atoms with van der Waals surface area (Å²) in [6.45, 7) is 0. The minimum atomic E-state index is -0.337. The summed E-state index contributed by atoms with van der Waals surface area (Å²) in [5, 5.41) is 5.75. The van der Waals surface area contributed by atoms with Crippen LogP contribution in [0.2, 0.25) is 0 Å². The average Bonchev–Trinajstić information content (AvgIpc) is 4.16. The second-order valence-electron chi connectivity index (χ2n) is 16.8. The number of benzene rings is 5. The molecule has 6 amide bonds. The van der Waals surface area contributed by atoms with E-state index in [1.165, 1.54) is 9.80 Å². The van der Waals surface area contributed by atoms with Crippen molar-refractivity contribution >= 4 is 58.2 Å². The quantitative estimate of drug-likeness (QED) is 0.105. The van der Waals surface area contributed by atoms with Gasteiger partial charge in [-0.2, -0.15) is 0 Å². The Morgan fingerprint density at radius 3 is 1.11 bits per heavy atom. The van der Waals surface area contributed by atoms with E-state index in [4.69, 9.17) is 9.47 Å². The minimum absolute atomic E-state index is 0.131. The van der Waals surface area contributed by atoms with Crippen LogP contribution in [0.4, 0.5) is 22.7 Å². The number of carbonyl (C=O) groups is 6. The van der Waals surface area contributed by atoms with Crippen molar-refractivity contribution in [2.45, 2.75) is 12.8 Å². The smallest absolute Gasteiger partial charge is 0.255 e. The molecule has 5 aromatic carbocycles. The summed E-state index contributed by atoms with van der Waals surface area (Å²) < 4.78 is 12.1. The summed E-state index contributed by atoms with van der Waals surface area (Å²) in [5.74, 6) is 0.237. The van der Waals surface area contributed by atoms with Crippen LogP contribution in [0.25, 0.3) is 0 Å². The number of ether oxygens (including phenoxy) is 2. The molecule has 12 nitrogen and oxygen atoms in total. The number of carbonyl (C=O) groups excluding carboxylic acids is 6. The van der Waals surface area contributed by atoms with Crippen molar-refractivity contribution in [2.24, 2.45) is 47.3 Å². The predicted molar refractivity (Wildman–Crippen MR) is 229 cm³/mol. The van der Waals surface area contributed by atoms with E-state index in [2.05, 4.69) is 34.9 Å². The number of hydrogen-bond donors (Lipinski definition) is 2. The third kappa shape index (κ3) is 6.29. The van der Waals surface area contributed by atoms with E-state index in [1.807, 2.05) is 0 Å². The number of nitrogens with zero attached hydrogens (tertiary/aromatic N) is 2. The van der Waals surface area contributed by atoms with Gasteiger partial charge in [0.05, 0.1) is 35.0 Å². The number of hydrogen-bond acceptors (Lipinski definition) is 8. The van der Waals surface area contributed by atoms with E-state index in [9.17, 15) is 28.8 Å². The van der Waals surface area contributed by atoms with Gasteiger partial charge in [-0.25, -0.2) is 0 Å². The van der Waals surface area contributed by atoms with Crippen molar-refractivity contribution in [3.63, 3.8) is 0 Å². The van der Waals surface area contributed by atoms with Crippen molar-refractivity contribution in [3.05, 3.63) is 157 Å². The van der Waals surface area contributed by atoms with Crippen LogP contribution in [-0.2, 0) is 19.2 Å². The minimum Gasteiger partial charge on any atom is -0.457 e. The van der Waals surface area contributed by atoms with Crippen LogP contribution in [0.15, 0.2) is 146 Å². The van der Waals surface area contributed by atoms with E-state index >= 15 is 0 Å². The van der Waals surface area contributed by atoms with Gasteiger partial charge < -0.3 is 20.1 Å². The number of amides is 6. The van der Waals surface area contributed by atoms with Crippen molar-refractivity contribution in [1.29, 1.82) is 0 Å². The lowest BCUT2D eigenvalue weighted by atomic mass is 9.85.